The maximum Gasteiger partial charge on any atom is 0.239 e. The van der Waals surface area contributed by atoms with Gasteiger partial charge in [-0.25, -0.2) is 9.88 Å². The number of rotatable bonds is 3. The topological polar surface area (TPSA) is 50.3 Å². The van der Waals surface area contributed by atoms with Gasteiger partial charge in [0.1, 0.15) is 0 Å². The van der Waals surface area contributed by atoms with Crippen molar-refractivity contribution >= 4 is 39.0 Å². The van der Waals surface area contributed by atoms with Gasteiger partial charge in [0.15, 0.2) is 5.13 Å². The first-order valence-corrected chi connectivity index (χ1v) is 9.05. The molecular formula is C18H20N2O2S. The lowest BCUT2D eigenvalue weighted by Crippen LogP contribution is -2.40. The number of amides is 2. The molecule has 2 fully saturated rings. The molecule has 5 heteroatoms. The molecule has 4 nitrogen and oxygen atoms in total. The van der Waals surface area contributed by atoms with Crippen LogP contribution in [0.3, 0.4) is 0 Å². The van der Waals surface area contributed by atoms with Gasteiger partial charge in [-0.05, 0) is 61.6 Å². The molecular weight excluding hydrogens is 308 g/mol. The lowest BCUT2D eigenvalue weighted by atomic mass is 9.80. The zero-order chi connectivity index (χ0) is 16.1. The van der Waals surface area contributed by atoms with Gasteiger partial charge in [0.2, 0.25) is 12.3 Å². The van der Waals surface area contributed by atoms with E-state index in [2.05, 4.69) is 11.9 Å². The molecule has 2 saturated carbocycles. The number of carbonyl (C=O) groups excluding carboxylic acids is 2. The molecule has 0 spiro atoms. The number of benzene rings is 1. The van der Waals surface area contributed by atoms with Crippen LogP contribution in [0.1, 0.15) is 31.7 Å². The van der Waals surface area contributed by atoms with E-state index in [9.17, 15) is 9.59 Å². The summed E-state index contributed by atoms with van der Waals surface area (Å²) >= 11 is 1.42. The molecule has 2 unspecified atom stereocenters. The van der Waals surface area contributed by atoms with Gasteiger partial charge in [0.25, 0.3) is 0 Å². The van der Waals surface area contributed by atoms with Crippen LogP contribution in [0.25, 0.3) is 10.2 Å². The predicted molar refractivity (Wildman–Crippen MR) is 91.4 cm³/mol. The number of hydrogen-bond acceptors (Lipinski definition) is 4. The average molecular weight is 328 g/mol. The second-order valence-electron chi connectivity index (χ2n) is 7.00. The molecule has 2 bridgehead atoms. The average Bonchev–Trinajstić information content (AvgIpc) is 3.21. The summed E-state index contributed by atoms with van der Waals surface area (Å²) in [4.78, 5) is 30.4. The molecule has 1 heterocycles. The highest BCUT2D eigenvalue weighted by Gasteiger charge is 2.50. The third kappa shape index (κ3) is 2.29. The lowest BCUT2D eigenvalue weighted by molar-refractivity contribution is -0.127. The first-order chi connectivity index (χ1) is 11.1. The normalized spacial score (nSPS) is 29.1. The minimum absolute atomic E-state index is 0.0206. The van der Waals surface area contributed by atoms with Gasteiger partial charge < -0.3 is 0 Å². The predicted octanol–water partition coefficient (Wildman–Crippen LogP) is 3.78. The Kier molecular flexibility index (Phi) is 3.48. The van der Waals surface area contributed by atoms with Crippen molar-refractivity contribution in [3.05, 3.63) is 23.8 Å². The maximum atomic E-state index is 13.0. The molecule has 0 aliphatic heterocycles. The monoisotopic (exact) mass is 328 g/mol. The van der Waals surface area contributed by atoms with Crippen LogP contribution in [-0.2, 0) is 9.59 Å². The van der Waals surface area contributed by atoms with Crippen molar-refractivity contribution in [2.24, 2.45) is 23.7 Å². The summed E-state index contributed by atoms with van der Waals surface area (Å²) in [6.07, 6.45) is 4.14. The molecule has 1 aromatic heterocycles. The number of nitrogens with zero attached hydrogens (tertiary/aromatic N) is 2. The van der Waals surface area contributed by atoms with Gasteiger partial charge in [0.05, 0.1) is 10.2 Å². The van der Waals surface area contributed by atoms with Gasteiger partial charge in [-0.15, -0.1) is 0 Å². The van der Waals surface area contributed by atoms with Crippen LogP contribution < -0.4 is 4.90 Å². The van der Waals surface area contributed by atoms with Crippen molar-refractivity contribution in [3.8, 4) is 0 Å². The molecule has 0 N–H and O–H groups in total. The van der Waals surface area contributed by atoms with Crippen molar-refractivity contribution in [2.45, 2.75) is 33.1 Å². The van der Waals surface area contributed by atoms with Crippen molar-refractivity contribution < 1.29 is 9.59 Å². The number of aromatic nitrogens is 1. The summed E-state index contributed by atoms with van der Waals surface area (Å²) in [5.41, 5.74) is 2.00. The van der Waals surface area contributed by atoms with E-state index in [0.29, 0.717) is 29.3 Å². The fourth-order valence-electron chi connectivity index (χ4n) is 4.48. The Hall–Kier alpha value is -1.75. The Labute approximate surface area is 139 Å². The van der Waals surface area contributed by atoms with Gasteiger partial charge in [0, 0.05) is 5.92 Å². The third-order valence-electron chi connectivity index (χ3n) is 5.70. The number of carbonyl (C=O) groups is 2. The minimum Gasteiger partial charge on any atom is -0.278 e. The van der Waals surface area contributed by atoms with Gasteiger partial charge >= 0.3 is 0 Å². The van der Waals surface area contributed by atoms with Crippen LogP contribution in [0, 0.1) is 30.6 Å². The van der Waals surface area contributed by atoms with E-state index in [1.807, 2.05) is 25.1 Å². The van der Waals surface area contributed by atoms with Gasteiger partial charge in [-0.2, -0.15) is 0 Å². The number of hydrogen-bond donors (Lipinski definition) is 0. The van der Waals surface area contributed by atoms with E-state index in [4.69, 9.17) is 0 Å². The summed E-state index contributed by atoms with van der Waals surface area (Å²) in [5.74, 6) is 1.39. The first kappa shape index (κ1) is 14.8. The molecule has 2 amide bonds. The summed E-state index contributed by atoms with van der Waals surface area (Å²) in [5, 5.41) is 0.501. The molecule has 2 aromatic rings. The van der Waals surface area contributed by atoms with Gasteiger partial charge in [-0.1, -0.05) is 24.3 Å². The molecule has 4 atom stereocenters. The standard InChI is InChI=1S/C18H20N2O2S/c1-10-3-6-14-15(7-10)23-18(19-14)20(9-21)17(22)16-11(2)12-4-5-13(16)8-12/h3,6-7,9,11-13,16H,4-5,8H2,1-2H3/t11-,12?,13?,16-/m1/s1. The van der Waals surface area contributed by atoms with Crippen LogP contribution in [0.15, 0.2) is 18.2 Å². The van der Waals surface area contributed by atoms with E-state index in [0.717, 1.165) is 28.6 Å². The largest absolute Gasteiger partial charge is 0.278 e. The molecule has 120 valence electrons. The second kappa shape index (κ2) is 5.41. The zero-order valence-corrected chi connectivity index (χ0v) is 14.2. The van der Waals surface area contributed by atoms with E-state index >= 15 is 0 Å². The summed E-state index contributed by atoms with van der Waals surface area (Å²) in [6.45, 7) is 4.19. The van der Waals surface area contributed by atoms with E-state index < -0.39 is 0 Å². The highest BCUT2D eigenvalue weighted by atomic mass is 32.1. The molecule has 1 aromatic carbocycles. The highest BCUT2D eigenvalue weighted by Crippen LogP contribution is 2.52. The molecule has 4 rings (SSSR count). The smallest absolute Gasteiger partial charge is 0.239 e. The van der Waals surface area contributed by atoms with E-state index in [-0.39, 0.29) is 11.8 Å². The maximum absolute atomic E-state index is 13.0. The number of fused-ring (bicyclic) bond motifs is 3. The quantitative estimate of drug-likeness (QED) is 0.806. The van der Waals surface area contributed by atoms with E-state index in [1.54, 1.807) is 0 Å². The minimum atomic E-state index is -0.0597. The number of aryl methyl sites for hydroxylation is 1. The molecule has 2 aliphatic rings. The van der Waals surface area contributed by atoms with E-state index in [1.165, 1.54) is 22.7 Å². The van der Waals surface area contributed by atoms with Gasteiger partial charge in [-0.3, -0.25) is 9.59 Å². The Morgan fingerprint density at radius 2 is 2.13 bits per heavy atom. The van der Waals surface area contributed by atoms with Crippen molar-refractivity contribution in [1.82, 2.24) is 4.98 Å². The highest BCUT2D eigenvalue weighted by molar-refractivity contribution is 7.22. The summed E-state index contributed by atoms with van der Waals surface area (Å²) in [6, 6.07) is 5.99. The van der Waals surface area contributed by atoms with Crippen LogP contribution in [0.4, 0.5) is 5.13 Å². The molecule has 2 aliphatic carbocycles. The lowest BCUT2D eigenvalue weighted by Gasteiger charge is -2.29. The van der Waals surface area contributed by atoms with Crippen molar-refractivity contribution in [2.75, 3.05) is 4.90 Å². The van der Waals surface area contributed by atoms with Crippen molar-refractivity contribution in [3.63, 3.8) is 0 Å². The molecule has 23 heavy (non-hydrogen) atoms. The Morgan fingerprint density at radius 1 is 1.35 bits per heavy atom. The van der Waals surface area contributed by atoms with Crippen LogP contribution in [-0.4, -0.2) is 17.3 Å². The van der Waals surface area contributed by atoms with Crippen molar-refractivity contribution in [1.29, 1.82) is 0 Å². The number of thiazole rings is 1. The number of imide groups is 1. The van der Waals surface area contributed by atoms with Crippen LogP contribution >= 0.6 is 11.3 Å². The fourth-order valence-corrected chi connectivity index (χ4v) is 5.52. The molecule has 0 saturated heterocycles. The Balaban J connectivity index is 1.67. The fraction of sp³-hybridized carbons (Fsp3) is 0.500. The summed E-state index contributed by atoms with van der Waals surface area (Å²) < 4.78 is 1.01. The number of anilines is 1. The Morgan fingerprint density at radius 3 is 2.83 bits per heavy atom. The SMILES string of the molecule is Cc1ccc2nc(N(C=O)C(=O)[C@H]3C4CCC(C4)[C@H]3C)sc2c1. The van der Waals surface area contributed by atoms with Crippen LogP contribution in [0.2, 0.25) is 0 Å². The first-order valence-electron chi connectivity index (χ1n) is 8.24. The Bertz CT molecular complexity index is 782. The second-order valence-corrected chi connectivity index (χ2v) is 8.01. The molecule has 0 radical (unpaired) electrons. The third-order valence-corrected chi connectivity index (χ3v) is 6.72. The zero-order valence-electron chi connectivity index (χ0n) is 13.4. The van der Waals surface area contributed by atoms with Crippen LogP contribution in [0.5, 0.6) is 0 Å². The summed E-state index contributed by atoms with van der Waals surface area (Å²) in [7, 11) is 0.